The fourth-order valence-corrected chi connectivity index (χ4v) is 4.47. The summed E-state index contributed by atoms with van der Waals surface area (Å²) in [5.74, 6) is 0.318. The lowest BCUT2D eigenvalue weighted by Crippen LogP contribution is -2.34. The first-order valence-electron chi connectivity index (χ1n) is 9.83. The first-order valence-corrected chi connectivity index (χ1v) is 10.7. The molecule has 0 bridgehead atoms. The topological polar surface area (TPSA) is 83.4 Å². The highest BCUT2D eigenvalue weighted by atomic mass is 32.1. The normalized spacial score (nSPS) is 19.5. The summed E-state index contributed by atoms with van der Waals surface area (Å²) in [6.07, 6.45) is 4.20. The van der Waals surface area contributed by atoms with E-state index in [9.17, 15) is 9.59 Å². The fourth-order valence-electron chi connectivity index (χ4n) is 3.90. The van der Waals surface area contributed by atoms with Crippen LogP contribution >= 0.6 is 11.3 Å². The zero-order valence-electron chi connectivity index (χ0n) is 16.4. The third-order valence-corrected chi connectivity index (χ3v) is 6.02. The molecule has 1 aromatic heterocycles. The zero-order chi connectivity index (χ0) is 20.1. The third kappa shape index (κ3) is 5.16. The van der Waals surface area contributed by atoms with Crippen molar-refractivity contribution in [1.29, 1.82) is 0 Å². The Morgan fingerprint density at radius 1 is 1.18 bits per heavy atom. The van der Waals surface area contributed by atoms with Gasteiger partial charge in [0.25, 0.3) is 5.91 Å². The van der Waals surface area contributed by atoms with Gasteiger partial charge in [-0.05, 0) is 61.1 Å². The Kier molecular flexibility index (Phi) is 6.78. The average Bonchev–Trinajstić information content (AvgIpc) is 3.20. The van der Waals surface area contributed by atoms with Gasteiger partial charge in [0.2, 0.25) is 5.13 Å². The Morgan fingerprint density at radius 3 is 2.39 bits per heavy atom. The molecule has 0 aliphatic heterocycles. The highest BCUT2D eigenvalue weighted by molar-refractivity contribution is 7.13. The van der Waals surface area contributed by atoms with Crippen LogP contribution in [0.5, 0.6) is 0 Å². The molecule has 150 valence electrons. The van der Waals surface area contributed by atoms with Crippen molar-refractivity contribution >= 4 is 28.3 Å². The van der Waals surface area contributed by atoms with Crippen LogP contribution in [0.2, 0.25) is 0 Å². The molecule has 0 saturated heterocycles. The van der Waals surface area contributed by atoms with Gasteiger partial charge in [-0.2, -0.15) is 0 Å². The third-order valence-electron chi connectivity index (χ3n) is 5.31. The predicted molar refractivity (Wildman–Crippen MR) is 110 cm³/mol. The second kappa shape index (κ2) is 9.28. The summed E-state index contributed by atoms with van der Waals surface area (Å²) in [4.78, 5) is 25.6. The standard InChI is InChI=1S/C21H27N3O3S/c1-14(2)12-24(21-23-22-13-28-21)20(27)18-9-7-17(8-10-18)16-5-3-15(4-6-16)11-19(25)26/h7-10,13-16H,3-6,11-12H2,1-2H3,(H,25,26). The highest BCUT2D eigenvalue weighted by Crippen LogP contribution is 2.37. The van der Waals surface area contributed by atoms with Crippen molar-refractivity contribution in [3.63, 3.8) is 0 Å². The number of nitrogens with zero attached hydrogens (tertiary/aromatic N) is 3. The van der Waals surface area contributed by atoms with E-state index in [0.717, 1.165) is 25.7 Å². The van der Waals surface area contributed by atoms with E-state index in [0.29, 0.717) is 35.0 Å². The predicted octanol–water partition coefficient (Wildman–Crippen LogP) is 4.59. The zero-order valence-corrected chi connectivity index (χ0v) is 17.2. The molecule has 2 aromatic rings. The number of benzene rings is 1. The van der Waals surface area contributed by atoms with Crippen molar-refractivity contribution in [2.75, 3.05) is 11.4 Å². The molecule has 0 unspecified atom stereocenters. The molecule has 0 spiro atoms. The van der Waals surface area contributed by atoms with Gasteiger partial charge in [0, 0.05) is 18.5 Å². The Bertz CT molecular complexity index is 782. The molecule has 7 heteroatoms. The highest BCUT2D eigenvalue weighted by Gasteiger charge is 2.25. The van der Waals surface area contributed by atoms with Crippen LogP contribution in [0.1, 0.15) is 67.8 Å². The van der Waals surface area contributed by atoms with Crippen LogP contribution in [0.15, 0.2) is 29.8 Å². The number of carboxylic acid groups (broad SMARTS) is 1. The molecular formula is C21H27N3O3S. The molecule has 1 heterocycles. The van der Waals surface area contributed by atoms with Crippen molar-refractivity contribution < 1.29 is 14.7 Å². The summed E-state index contributed by atoms with van der Waals surface area (Å²) in [5, 5.41) is 17.5. The van der Waals surface area contributed by atoms with Crippen LogP contribution in [0, 0.1) is 11.8 Å². The van der Waals surface area contributed by atoms with Gasteiger partial charge in [-0.3, -0.25) is 14.5 Å². The SMILES string of the molecule is CC(C)CN(C(=O)c1ccc(C2CCC(CC(=O)O)CC2)cc1)c1nncs1. The summed E-state index contributed by atoms with van der Waals surface area (Å²) in [5.41, 5.74) is 3.52. The fraction of sp³-hybridized carbons (Fsp3) is 0.524. The minimum absolute atomic E-state index is 0.0535. The van der Waals surface area contributed by atoms with Gasteiger partial charge in [0.05, 0.1) is 0 Å². The van der Waals surface area contributed by atoms with Gasteiger partial charge in [-0.25, -0.2) is 0 Å². The summed E-state index contributed by atoms with van der Waals surface area (Å²) in [6, 6.07) is 7.89. The van der Waals surface area contributed by atoms with Crippen molar-refractivity contribution in [3.8, 4) is 0 Å². The second-order valence-electron chi connectivity index (χ2n) is 7.97. The maximum atomic E-state index is 13.0. The van der Waals surface area contributed by atoms with Crippen molar-refractivity contribution in [2.24, 2.45) is 11.8 Å². The Morgan fingerprint density at radius 2 is 1.86 bits per heavy atom. The van der Waals surface area contributed by atoms with Crippen LogP contribution in [0.3, 0.4) is 0 Å². The van der Waals surface area contributed by atoms with Gasteiger partial charge >= 0.3 is 5.97 Å². The van der Waals surface area contributed by atoms with Gasteiger partial charge in [0.15, 0.2) is 0 Å². The number of carboxylic acids is 1. The maximum absolute atomic E-state index is 13.0. The lowest BCUT2D eigenvalue weighted by atomic mass is 9.77. The molecule has 1 N–H and O–H groups in total. The van der Waals surface area contributed by atoms with Crippen molar-refractivity contribution in [1.82, 2.24) is 10.2 Å². The van der Waals surface area contributed by atoms with Crippen LogP contribution in [0.4, 0.5) is 5.13 Å². The van der Waals surface area contributed by atoms with E-state index < -0.39 is 5.97 Å². The molecule has 1 amide bonds. The average molecular weight is 402 g/mol. The van der Waals surface area contributed by atoms with E-state index in [-0.39, 0.29) is 12.3 Å². The van der Waals surface area contributed by atoms with Crippen molar-refractivity contribution in [2.45, 2.75) is 51.9 Å². The minimum atomic E-state index is -0.701. The summed E-state index contributed by atoms with van der Waals surface area (Å²) < 4.78 is 0. The largest absolute Gasteiger partial charge is 0.481 e. The van der Waals surface area contributed by atoms with E-state index in [2.05, 4.69) is 24.0 Å². The van der Waals surface area contributed by atoms with Crippen molar-refractivity contribution in [3.05, 3.63) is 40.9 Å². The first kappa shape index (κ1) is 20.5. The monoisotopic (exact) mass is 401 g/mol. The number of aliphatic carboxylic acids is 1. The Labute approximate surface area is 169 Å². The van der Waals surface area contributed by atoms with Crippen LogP contribution in [-0.2, 0) is 4.79 Å². The van der Waals surface area contributed by atoms with E-state index in [1.54, 1.807) is 10.4 Å². The second-order valence-corrected chi connectivity index (χ2v) is 8.78. The quantitative estimate of drug-likeness (QED) is 0.734. The number of hydrogen-bond donors (Lipinski definition) is 1. The number of hydrogen-bond acceptors (Lipinski definition) is 5. The molecule has 3 rings (SSSR count). The van der Waals surface area contributed by atoms with E-state index in [1.165, 1.54) is 16.9 Å². The van der Waals surface area contributed by atoms with Gasteiger partial charge < -0.3 is 5.11 Å². The molecule has 1 saturated carbocycles. The van der Waals surface area contributed by atoms with E-state index >= 15 is 0 Å². The number of rotatable bonds is 7. The molecule has 0 radical (unpaired) electrons. The lowest BCUT2D eigenvalue weighted by molar-refractivity contribution is -0.138. The summed E-state index contributed by atoms with van der Waals surface area (Å²) in [7, 11) is 0. The molecule has 6 nitrogen and oxygen atoms in total. The summed E-state index contributed by atoms with van der Waals surface area (Å²) in [6.45, 7) is 4.75. The van der Waals surface area contributed by atoms with E-state index in [1.807, 2.05) is 24.3 Å². The number of carbonyl (C=O) groups excluding carboxylic acids is 1. The van der Waals surface area contributed by atoms with E-state index in [4.69, 9.17) is 5.11 Å². The molecule has 1 aromatic carbocycles. The summed E-state index contributed by atoms with van der Waals surface area (Å²) >= 11 is 1.37. The van der Waals surface area contributed by atoms with Crippen LogP contribution < -0.4 is 4.90 Å². The van der Waals surface area contributed by atoms with Gasteiger partial charge in [-0.1, -0.05) is 37.3 Å². The number of amides is 1. The molecule has 0 atom stereocenters. The molecule has 1 aliphatic carbocycles. The number of aromatic nitrogens is 2. The number of anilines is 1. The minimum Gasteiger partial charge on any atom is -0.481 e. The maximum Gasteiger partial charge on any atom is 0.303 e. The molecule has 1 fully saturated rings. The number of carbonyl (C=O) groups is 2. The lowest BCUT2D eigenvalue weighted by Gasteiger charge is -2.28. The smallest absolute Gasteiger partial charge is 0.303 e. The van der Waals surface area contributed by atoms with Gasteiger partial charge in [0.1, 0.15) is 5.51 Å². The first-order chi connectivity index (χ1) is 13.4. The Balaban J connectivity index is 1.66. The van der Waals surface area contributed by atoms with Gasteiger partial charge in [-0.15, -0.1) is 10.2 Å². The Hall–Kier alpha value is -2.28. The van der Waals surface area contributed by atoms with Crippen LogP contribution in [-0.4, -0.2) is 33.7 Å². The molecule has 1 aliphatic rings. The molecular weight excluding hydrogens is 374 g/mol. The van der Waals surface area contributed by atoms with Crippen LogP contribution in [0.25, 0.3) is 0 Å². The molecule has 28 heavy (non-hydrogen) atoms.